The molecule has 0 atom stereocenters. The van der Waals surface area contributed by atoms with Crippen LogP contribution in [0.3, 0.4) is 0 Å². The molecule has 0 aliphatic carbocycles. The number of aromatic amines is 1. The van der Waals surface area contributed by atoms with Crippen molar-refractivity contribution in [3.8, 4) is 0 Å². The van der Waals surface area contributed by atoms with Crippen LogP contribution in [0, 0.1) is 0 Å². The second kappa shape index (κ2) is 3.70. The van der Waals surface area contributed by atoms with Gasteiger partial charge in [0, 0.05) is 11.6 Å². The molecule has 0 fully saturated rings. The van der Waals surface area contributed by atoms with Crippen LogP contribution >= 0.6 is 0 Å². The lowest BCUT2D eigenvalue weighted by Gasteiger charge is -1.93. The van der Waals surface area contributed by atoms with E-state index in [0.29, 0.717) is 16.9 Å². The van der Waals surface area contributed by atoms with Gasteiger partial charge >= 0.3 is 5.97 Å². The van der Waals surface area contributed by atoms with E-state index in [1.54, 1.807) is 18.3 Å². The van der Waals surface area contributed by atoms with Crippen LogP contribution in [0.4, 0.5) is 0 Å². The van der Waals surface area contributed by atoms with Crippen molar-refractivity contribution in [2.45, 2.75) is 6.61 Å². The molecule has 0 saturated carbocycles. The summed E-state index contributed by atoms with van der Waals surface area (Å²) in [6, 6.07) is 3.42. The van der Waals surface area contributed by atoms with E-state index in [2.05, 4.69) is 14.7 Å². The van der Waals surface area contributed by atoms with Crippen molar-refractivity contribution in [1.29, 1.82) is 0 Å². The number of nitrogens with zero attached hydrogens (tertiary/aromatic N) is 1. The van der Waals surface area contributed by atoms with Gasteiger partial charge in [-0.2, -0.15) is 0 Å². The summed E-state index contributed by atoms with van der Waals surface area (Å²) in [5.74, 6) is -0.432. The second-order valence-corrected chi connectivity index (χ2v) is 3.11. The Morgan fingerprint density at radius 2 is 2.40 bits per heavy atom. The third kappa shape index (κ3) is 1.69. The standard InChI is InChI=1S/C10H10N2O3/c1-15-10(14)8-3-7-2-6(5-13)4-11-9(7)12-8/h2-4,13H,5H2,1H3,(H,11,12). The van der Waals surface area contributed by atoms with Crippen LogP contribution in [0.25, 0.3) is 11.0 Å². The number of carbonyl (C=O) groups excluding carboxylic acids is 1. The zero-order valence-corrected chi connectivity index (χ0v) is 8.15. The quantitative estimate of drug-likeness (QED) is 0.714. The number of ether oxygens (including phenoxy) is 1. The number of hydrogen-bond donors (Lipinski definition) is 2. The van der Waals surface area contributed by atoms with E-state index < -0.39 is 5.97 Å². The number of hydrogen-bond acceptors (Lipinski definition) is 4. The summed E-state index contributed by atoms with van der Waals surface area (Å²) in [4.78, 5) is 18.1. The third-order valence-corrected chi connectivity index (χ3v) is 2.11. The Labute approximate surface area is 85.7 Å². The second-order valence-electron chi connectivity index (χ2n) is 3.11. The molecular formula is C10H10N2O3. The van der Waals surface area contributed by atoms with Gasteiger partial charge < -0.3 is 14.8 Å². The molecule has 2 aromatic rings. The third-order valence-electron chi connectivity index (χ3n) is 2.11. The van der Waals surface area contributed by atoms with E-state index in [0.717, 1.165) is 5.39 Å². The summed E-state index contributed by atoms with van der Waals surface area (Å²) in [5.41, 5.74) is 1.67. The highest BCUT2D eigenvalue weighted by Gasteiger charge is 2.09. The molecule has 0 amide bonds. The molecule has 0 aliphatic heterocycles. The molecular weight excluding hydrogens is 196 g/mol. The minimum Gasteiger partial charge on any atom is -0.464 e. The number of H-pyrrole nitrogens is 1. The Hall–Kier alpha value is -1.88. The zero-order valence-electron chi connectivity index (χ0n) is 8.15. The maximum atomic E-state index is 11.2. The predicted molar refractivity (Wildman–Crippen MR) is 53.4 cm³/mol. The molecule has 15 heavy (non-hydrogen) atoms. The highest BCUT2D eigenvalue weighted by atomic mass is 16.5. The van der Waals surface area contributed by atoms with Crippen molar-refractivity contribution < 1.29 is 14.6 Å². The van der Waals surface area contributed by atoms with Crippen molar-refractivity contribution in [3.05, 3.63) is 29.6 Å². The molecule has 2 heterocycles. The number of pyridine rings is 1. The van der Waals surface area contributed by atoms with Crippen LogP contribution in [0.1, 0.15) is 16.1 Å². The first-order valence-electron chi connectivity index (χ1n) is 4.41. The number of methoxy groups -OCH3 is 1. The van der Waals surface area contributed by atoms with Crippen molar-refractivity contribution in [3.63, 3.8) is 0 Å². The van der Waals surface area contributed by atoms with E-state index in [-0.39, 0.29) is 6.61 Å². The molecule has 0 saturated heterocycles. The van der Waals surface area contributed by atoms with E-state index in [1.165, 1.54) is 7.11 Å². The largest absolute Gasteiger partial charge is 0.464 e. The minimum atomic E-state index is -0.432. The summed E-state index contributed by atoms with van der Waals surface area (Å²) in [6.45, 7) is -0.0678. The fraction of sp³-hybridized carbons (Fsp3) is 0.200. The Morgan fingerprint density at radius 1 is 1.60 bits per heavy atom. The van der Waals surface area contributed by atoms with Gasteiger partial charge in [-0.05, 0) is 17.7 Å². The molecule has 0 radical (unpaired) electrons. The van der Waals surface area contributed by atoms with Crippen molar-refractivity contribution in [1.82, 2.24) is 9.97 Å². The Balaban J connectivity index is 2.51. The predicted octanol–water partition coefficient (Wildman–Crippen LogP) is 0.842. The van der Waals surface area contributed by atoms with E-state index in [4.69, 9.17) is 5.11 Å². The molecule has 2 rings (SSSR count). The van der Waals surface area contributed by atoms with Crippen molar-refractivity contribution in [2.75, 3.05) is 7.11 Å². The highest BCUT2D eigenvalue weighted by molar-refractivity contribution is 5.93. The molecule has 0 aromatic carbocycles. The van der Waals surface area contributed by atoms with Gasteiger partial charge in [0.05, 0.1) is 13.7 Å². The Morgan fingerprint density at radius 3 is 3.07 bits per heavy atom. The van der Waals surface area contributed by atoms with Crippen LogP contribution in [-0.2, 0) is 11.3 Å². The number of aliphatic hydroxyl groups excluding tert-OH is 1. The van der Waals surface area contributed by atoms with Crippen LogP contribution in [0.15, 0.2) is 18.3 Å². The minimum absolute atomic E-state index is 0.0678. The number of fused-ring (bicyclic) bond motifs is 1. The SMILES string of the molecule is COC(=O)c1cc2cc(CO)cnc2[nH]1. The van der Waals surface area contributed by atoms with Crippen LogP contribution < -0.4 is 0 Å². The van der Waals surface area contributed by atoms with Gasteiger partial charge in [-0.1, -0.05) is 0 Å². The Bertz CT molecular complexity index is 504. The Kier molecular flexibility index (Phi) is 2.39. The molecule has 5 nitrogen and oxygen atoms in total. The topological polar surface area (TPSA) is 75.2 Å². The first kappa shape index (κ1) is 9.67. The number of aliphatic hydroxyl groups is 1. The van der Waals surface area contributed by atoms with E-state index in [9.17, 15) is 4.79 Å². The highest BCUT2D eigenvalue weighted by Crippen LogP contribution is 2.15. The summed E-state index contributed by atoms with van der Waals surface area (Å²) in [5, 5.41) is 9.70. The maximum absolute atomic E-state index is 11.2. The average molecular weight is 206 g/mol. The lowest BCUT2D eigenvalue weighted by atomic mass is 10.2. The fourth-order valence-corrected chi connectivity index (χ4v) is 1.37. The van der Waals surface area contributed by atoms with E-state index in [1.807, 2.05) is 0 Å². The monoisotopic (exact) mass is 206 g/mol. The van der Waals surface area contributed by atoms with E-state index >= 15 is 0 Å². The van der Waals surface area contributed by atoms with Crippen LogP contribution in [0.2, 0.25) is 0 Å². The van der Waals surface area contributed by atoms with Gasteiger partial charge in [0.25, 0.3) is 0 Å². The van der Waals surface area contributed by atoms with Crippen LogP contribution in [0.5, 0.6) is 0 Å². The number of rotatable bonds is 2. The number of carbonyl (C=O) groups is 1. The summed E-state index contributed by atoms with van der Waals surface area (Å²) >= 11 is 0. The molecule has 0 unspecified atom stereocenters. The van der Waals surface area contributed by atoms with Gasteiger partial charge in [-0.15, -0.1) is 0 Å². The van der Waals surface area contributed by atoms with Gasteiger partial charge in [-0.3, -0.25) is 0 Å². The van der Waals surface area contributed by atoms with Crippen LogP contribution in [-0.4, -0.2) is 28.2 Å². The molecule has 0 spiro atoms. The maximum Gasteiger partial charge on any atom is 0.354 e. The lowest BCUT2D eigenvalue weighted by Crippen LogP contribution is -2.00. The lowest BCUT2D eigenvalue weighted by molar-refractivity contribution is 0.0595. The smallest absolute Gasteiger partial charge is 0.354 e. The summed E-state index contributed by atoms with van der Waals surface area (Å²) < 4.78 is 4.58. The molecule has 5 heteroatoms. The van der Waals surface area contributed by atoms with Crippen molar-refractivity contribution >= 4 is 17.0 Å². The first-order valence-corrected chi connectivity index (χ1v) is 4.41. The average Bonchev–Trinajstić information content (AvgIpc) is 2.70. The van der Waals surface area contributed by atoms with Crippen molar-refractivity contribution in [2.24, 2.45) is 0 Å². The van der Waals surface area contributed by atoms with Gasteiger partial charge in [0.2, 0.25) is 0 Å². The van der Waals surface area contributed by atoms with Gasteiger partial charge in [-0.25, -0.2) is 9.78 Å². The number of nitrogens with one attached hydrogen (secondary N) is 1. The fourth-order valence-electron chi connectivity index (χ4n) is 1.37. The molecule has 2 N–H and O–H groups in total. The number of aromatic nitrogens is 2. The normalized spacial score (nSPS) is 10.5. The molecule has 0 bridgehead atoms. The number of esters is 1. The molecule has 78 valence electrons. The summed E-state index contributed by atoms with van der Waals surface area (Å²) in [6.07, 6.45) is 1.56. The molecule has 2 aromatic heterocycles. The molecule has 0 aliphatic rings. The van der Waals surface area contributed by atoms with Gasteiger partial charge in [0.1, 0.15) is 11.3 Å². The zero-order chi connectivity index (χ0) is 10.8. The first-order chi connectivity index (χ1) is 7.24. The summed E-state index contributed by atoms with van der Waals surface area (Å²) in [7, 11) is 1.32. The van der Waals surface area contributed by atoms with Gasteiger partial charge in [0.15, 0.2) is 0 Å².